The lowest BCUT2D eigenvalue weighted by molar-refractivity contribution is -0.167. The van der Waals surface area contributed by atoms with Gasteiger partial charge in [0.25, 0.3) is 0 Å². The summed E-state index contributed by atoms with van der Waals surface area (Å²) in [7, 11) is 0. The van der Waals surface area contributed by atoms with E-state index in [1.165, 1.54) is 199 Å². The highest BCUT2D eigenvalue weighted by atomic mass is 16.6. The van der Waals surface area contributed by atoms with Gasteiger partial charge in [-0.05, 0) is 70.6 Å². The van der Waals surface area contributed by atoms with Crippen molar-refractivity contribution in [1.29, 1.82) is 0 Å². The predicted molar refractivity (Wildman–Crippen MR) is 293 cm³/mol. The van der Waals surface area contributed by atoms with Crippen molar-refractivity contribution in [2.75, 3.05) is 13.2 Å². The molecular formula is C62H114O6. The second-order valence-electron chi connectivity index (χ2n) is 20.3. The number of carbonyl (C=O) groups excluding carboxylic acids is 3. The number of hydrogen-bond acceptors (Lipinski definition) is 6. The first-order valence-corrected chi connectivity index (χ1v) is 30.0. The van der Waals surface area contributed by atoms with E-state index < -0.39 is 6.10 Å². The predicted octanol–water partition coefficient (Wildman–Crippen LogP) is 20.0. The van der Waals surface area contributed by atoms with E-state index in [0.29, 0.717) is 19.3 Å². The molecule has 0 aromatic carbocycles. The fourth-order valence-electron chi connectivity index (χ4n) is 8.81. The van der Waals surface area contributed by atoms with Crippen molar-refractivity contribution in [1.82, 2.24) is 0 Å². The number of allylic oxidation sites excluding steroid dienone is 6. The highest BCUT2D eigenvalue weighted by molar-refractivity contribution is 5.71. The van der Waals surface area contributed by atoms with Crippen LogP contribution in [0.3, 0.4) is 0 Å². The quantitative estimate of drug-likeness (QED) is 0.0262. The van der Waals surface area contributed by atoms with E-state index in [0.717, 1.165) is 83.5 Å². The monoisotopic (exact) mass is 955 g/mol. The molecular weight excluding hydrogens is 841 g/mol. The average molecular weight is 956 g/mol. The van der Waals surface area contributed by atoms with E-state index in [2.05, 4.69) is 57.2 Å². The zero-order valence-electron chi connectivity index (χ0n) is 45.6. The van der Waals surface area contributed by atoms with Crippen LogP contribution >= 0.6 is 0 Å². The molecule has 1 atom stereocenters. The summed E-state index contributed by atoms with van der Waals surface area (Å²) in [4.78, 5) is 38.1. The molecule has 0 bridgehead atoms. The maximum Gasteiger partial charge on any atom is 0.306 e. The van der Waals surface area contributed by atoms with E-state index in [4.69, 9.17) is 14.2 Å². The third-order valence-electron chi connectivity index (χ3n) is 13.4. The molecule has 0 spiro atoms. The molecule has 0 amide bonds. The molecule has 6 heteroatoms. The average Bonchev–Trinajstić information content (AvgIpc) is 3.34. The van der Waals surface area contributed by atoms with Crippen molar-refractivity contribution in [2.45, 2.75) is 329 Å². The van der Waals surface area contributed by atoms with Gasteiger partial charge in [0.15, 0.2) is 6.10 Å². The number of ether oxygens (including phenoxy) is 3. The van der Waals surface area contributed by atoms with Gasteiger partial charge in [0.1, 0.15) is 13.2 Å². The summed E-state index contributed by atoms with van der Waals surface area (Å²) in [6, 6.07) is 0. The number of carbonyl (C=O) groups is 3. The van der Waals surface area contributed by atoms with Gasteiger partial charge in [-0.15, -0.1) is 0 Å². The summed E-state index contributed by atoms with van der Waals surface area (Å²) >= 11 is 0. The molecule has 0 aliphatic carbocycles. The lowest BCUT2D eigenvalue weighted by Crippen LogP contribution is -2.30. The summed E-state index contributed by atoms with van der Waals surface area (Å²) in [5, 5.41) is 0. The minimum absolute atomic E-state index is 0.0743. The molecule has 68 heavy (non-hydrogen) atoms. The maximum atomic E-state index is 12.8. The van der Waals surface area contributed by atoms with Crippen LogP contribution in [0.1, 0.15) is 323 Å². The lowest BCUT2D eigenvalue weighted by Gasteiger charge is -2.18. The molecule has 0 saturated heterocycles. The van der Waals surface area contributed by atoms with E-state index in [9.17, 15) is 14.4 Å². The Morgan fingerprint density at radius 2 is 0.544 bits per heavy atom. The van der Waals surface area contributed by atoms with Crippen LogP contribution in [-0.4, -0.2) is 37.2 Å². The van der Waals surface area contributed by atoms with E-state index in [-0.39, 0.29) is 31.1 Å². The van der Waals surface area contributed by atoms with Crippen molar-refractivity contribution in [2.24, 2.45) is 0 Å². The molecule has 1 unspecified atom stereocenters. The zero-order valence-corrected chi connectivity index (χ0v) is 45.6. The number of unbranched alkanes of at least 4 members (excludes halogenated alkanes) is 38. The largest absolute Gasteiger partial charge is 0.462 e. The van der Waals surface area contributed by atoms with Gasteiger partial charge in [-0.25, -0.2) is 0 Å². The van der Waals surface area contributed by atoms with Crippen LogP contribution in [0.25, 0.3) is 0 Å². The topological polar surface area (TPSA) is 78.9 Å². The fraction of sp³-hybridized carbons (Fsp3) is 0.855. The van der Waals surface area contributed by atoms with Gasteiger partial charge in [0, 0.05) is 19.3 Å². The van der Waals surface area contributed by atoms with Gasteiger partial charge in [-0.3, -0.25) is 14.4 Å². The summed E-state index contributed by atoms with van der Waals surface area (Å²) < 4.78 is 16.9. The Kier molecular flexibility index (Phi) is 55.2. The van der Waals surface area contributed by atoms with Crippen molar-refractivity contribution in [3.05, 3.63) is 36.5 Å². The van der Waals surface area contributed by atoms with Crippen LogP contribution in [0.2, 0.25) is 0 Å². The molecule has 0 aliphatic rings. The molecule has 0 radical (unpaired) electrons. The Bertz CT molecular complexity index is 1140. The molecule has 0 aromatic rings. The maximum absolute atomic E-state index is 12.8. The fourth-order valence-corrected chi connectivity index (χ4v) is 8.81. The number of esters is 3. The van der Waals surface area contributed by atoms with Crippen molar-refractivity contribution in [3.63, 3.8) is 0 Å². The Labute approximate surface area is 423 Å². The Balaban J connectivity index is 4.26. The van der Waals surface area contributed by atoms with E-state index in [1.54, 1.807) is 0 Å². The highest BCUT2D eigenvalue weighted by Gasteiger charge is 2.19. The summed E-state index contributed by atoms with van der Waals surface area (Å²) in [6.07, 6.45) is 68.6. The van der Waals surface area contributed by atoms with E-state index in [1.807, 2.05) is 0 Å². The van der Waals surface area contributed by atoms with Crippen molar-refractivity contribution >= 4 is 17.9 Å². The number of rotatable bonds is 55. The van der Waals surface area contributed by atoms with Crippen LogP contribution in [0, 0.1) is 0 Å². The first kappa shape index (κ1) is 65.6. The van der Waals surface area contributed by atoms with Crippen LogP contribution in [0.5, 0.6) is 0 Å². The SMILES string of the molecule is CCCC/C=C\C/C=C\CCCCCCCC(=O)OC(COC(=O)CCCCCCCCCCCCC/C=C\CCCCCCCCCC)COC(=O)CCCCCCCCCCCCCCC. The molecule has 0 aliphatic heterocycles. The van der Waals surface area contributed by atoms with Gasteiger partial charge >= 0.3 is 17.9 Å². The van der Waals surface area contributed by atoms with Crippen molar-refractivity contribution in [3.8, 4) is 0 Å². The standard InChI is InChI=1S/C62H114O6/c1-4-7-10-13-16-19-22-25-27-28-29-30-31-32-33-34-35-38-40-43-46-49-52-55-61(64)67-58-59(57-66-60(63)54-51-48-45-42-39-36-24-21-18-15-12-9-6-3)68-62(65)56-53-50-47-44-41-37-26-23-20-17-14-11-8-5-2/h14,17,23,26,28-29,59H,4-13,15-16,18-22,24-25,27,30-58H2,1-3H3/b17-14-,26-23-,29-28-. The van der Waals surface area contributed by atoms with Crippen LogP contribution in [-0.2, 0) is 28.6 Å². The van der Waals surface area contributed by atoms with Crippen molar-refractivity contribution < 1.29 is 28.6 Å². The Hall–Kier alpha value is -2.37. The highest BCUT2D eigenvalue weighted by Crippen LogP contribution is 2.17. The molecule has 6 nitrogen and oxygen atoms in total. The molecule has 0 fully saturated rings. The van der Waals surface area contributed by atoms with Crippen LogP contribution in [0.15, 0.2) is 36.5 Å². The van der Waals surface area contributed by atoms with Crippen LogP contribution < -0.4 is 0 Å². The molecule has 0 saturated carbocycles. The number of hydrogen-bond donors (Lipinski definition) is 0. The smallest absolute Gasteiger partial charge is 0.306 e. The summed E-state index contributed by atoms with van der Waals surface area (Å²) in [5.74, 6) is -0.871. The second kappa shape index (κ2) is 57.2. The van der Waals surface area contributed by atoms with Gasteiger partial charge < -0.3 is 14.2 Å². The third-order valence-corrected chi connectivity index (χ3v) is 13.4. The minimum atomic E-state index is -0.776. The summed E-state index contributed by atoms with van der Waals surface area (Å²) in [5.41, 5.74) is 0. The Morgan fingerprint density at radius 1 is 0.294 bits per heavy atom. The first-order chi connectivity index (χ1) is 33.5. The van der Waals surface area contributed by atoms with E-state index >= 15 is 0 Å². The van der Waals surface area contributed by atoms with Gasteiger partial charge in [0.2, 0.25) is 0 Å². The Morgan fingerprint density at radius 3 is 0.868 bits per heavy atom. The molecule has 0 aromatic heterocycles. The molecule has 0 rings (SSSR count). The first-order valence-electron chi connectivity index (χ1n) is 30.0. The van der Waals surface area contributed by atoms with Gasteiger partial charge in [0.05, 0.1) is 0 Å². The molecule has 0 heterocycles. The van der Waals surface area contributed by atoms with Crippen LogP contribution in [0.4, 0.5) is 0 Å². The molecule has 0 N–H and O–H groups in total. The minimum Gasteiger partial charge on any atom is -0.462 e. The molecule has 398 valence electrons. The normalized spacial score (nSPS) is 12.2. The summed E-state index contributed by atoms with van der Waals surface area (Å²) in [6.45, 7) is 6.63. The van der Waals surface area contributed by atoms with Gasteiger partial charge in [-0.2, -0.15) is 0 Å². The zero-order chi connectivity index (χ0) is 49.3. The van der Waals surface area contributed by atoms with Gasteiger partial charge in [-0.1, -0.05) is 269 Å². The second-order valence-corrected chi connectivity index (χ2v) is 20.3. The third kappa shape index (κ3) is 54.6. The lowest BCUT2D eigenvalue weighted by atomic mass is 10.0.